The zero-order valence-corrected chi connectivity index (χ0v) is 37.3. The molecular formula is C46H60N8O6S. The van der Waals surface area contributed by atoms with Crippen molar-refractivity contribution in [1.82, 2.24) is 35.2 Å². The van der Waals surface area contributed by atoms with Gasteiger partial charge in [0, 0.05) is 91.7 Å². The average molecular weight is 853 g/mol. The number of hydrogen-bond acceptors (Lipinski definition) is 12. The Morgan fingerprint density at radius 1 is 1.13 bits per heavy atom. The van der Waals surface area contributed by atoms with Crippen molar-refractivity contribution in [2.24, 2.45) is 23.2 Å². The molecule has 8 atom stereocenters. The Bertz CT molecular complexity index is 2310. The lowest BCUT2D eigenvalue weighted by atomic mass is 9.79. The number of amides is 2. The molecule has 0 radical (unpaired) electrons. The van der Waals surface area contributed by atoms with Gasteiger partial charge in [-0.25, -0.2) is 10.4 Å². The summed E-state index contributed by atoms with van der Waals surface area (Å²) in [7, 11) is 3.89. The molecule has 8 bridgehead atoms. The van der Waals surface area contributed by atoms with E-state index in [2.05, 4.69) is 84.1 Å². The second-order valence-electron chi connectivity index (χ2n) is 18.3. The number of nitrogens with zero attached hydrogens (tertiary/aromatic N) is 6. The Morgan fingerprint density at radius 2 is 1.92 bits per heavy atom. The minimum atomic E-state index is -1.07. The first-order valence-electron chi connectivity index (χ1n) is 22.1. The van der Waals surface area contributed by atoms with Gasteiger partial charge >= 0.3 is 5.97 Å². The van der Waals surface area contributed by atoms with Gasteiger partial charge < -0.3 is 33.9 Å². The SMILES string of the molecule is CCn1c(-c2cc(N3CCN(C)CC3)cnc2[C@H](C)OC)c2c3cc(ccc31)-c1csc(n1)[C@H]1OCCC(C)(COC(=O)[C@@H]3CCCN(N3)C(=O)[C@H]1NC(=O)C1[C@@H](C)[C@H]1C)C2. The molecule has 2 N–H and O–H groups in total. The molecule has 2 amide bonds. The van der Waals surface area contributed by atoms with E-state index in [-0.39, 0.29) is 48.9 Å². The number of methoxy groups -OCH3 is 1. The Morgan fingerprint density at radius 3 is 2.66 bits per heavy atom. The zero-order valence-electron chi connectivity index (χ0n) is 36.5. The molecule has 4 aliphatic heterocycles. The maximum absolute atomic E-state index is 14.7. The van der Waals surface area contributed by atoms with Gasteiger partial charge in [0.25, 0.3) is 5.91 Å². The first-order chi connectivity index (χ1) is 29.4. The van der Waals surface area contributed by atoms with Crippen LogP contribution in [0.5, 0.6) is 0 Å². The predicted molar refractivity (Wildman–Crippen MR) is 235 cm³/mol. The highest BCUT2D eigenvalue weighted by Gasteiger charge is 2.50. The highest BCUT2D eigenvalue weighted by atomic mass is 32.1. The van der Waals surface area contributed by atoms with E-state index in [0.717, 1.165) is 76.5 Å². The number of cyclic esters (lactones) is 1. The molecule has 1 aliphatic carbocycles. The molecule has 0 spiro atoms. The Hall–Kier alpha value is -4.41. The van der Waals surface area contributed by atoms with E-state index in [9.17, 15) is 14.4 Å². The summed E-state index contributed by atoms with van der Waals surface area (Å²) in [4.78, 5) is 57.7. The fourth-order valence-corrected chi connectivity index (χ4v) is 10.9. The second-order valence-corrected chi connectivity index (χ2v) is 19.2. The minimum absolute atomic E-state index is 0.142. The lowest BCUT2D eigenvalue weighted by Gasteiger charge is -2.36. The molecule has 2 unspecified atom stereocenters. The van der Waals surface area contributed by atoms with Crippen LogP contribution in [0.25, 0.3) is 33.4 Å². The van der Waals surface area contributed by atoms with Gasteiger partial charge in [-0.15, -0.1) is 11.3 Å². The third-order valence-corrected chi connectivity index (χ3v) is 15.1. The van der Waals surface area contributed by atoms with Gasteiger partial charge in [-0.1, -0.05) is 26.8 Å². The molecule has 7 heterocycles. The van der Waals surface area contributed by atoms with Crippen LogP contribution in [0.2, 0.25) is 0 Å². The van der Waals surface area contributed by atoms with E-state index in [1.165, 1.54) is 16.3 Å². The van der Waals surface area contributed by atoms with Crippen LogP contribution in [-0.2, 0) is 41.6 Å². The van der Waals surface area contributed by atoms with E-state index in [1.807, 2.05) is 18.5 Å². The summed E-state index contributed by atoms with van der Waals surface area (Å²) in [5, 5.41) is 8.35. The van der Waals surface area contributed by atoms with Crippen LogP contribution in [0, 0.1) is 23.2 Å². The number of esters is 1. The number of piperazine rings is 1. The first kappa shape index (κ1) is 41.9. The van der Waals surface area contributed by atoms with Gasteiger partial charge in [-0.3, -0.25) is 24.4 Å². The van der Waals surface area contributed by atoms with Gasteiger partial charge in [0.15, 0.2) is 0 Å². The molecule has 3 aromatic heterocycles. The lowest BCUT2D eigenvalue weighted by molar-refractivity contribution is -0.156. The summed E-state index contributed by atoms with van der Waals surface area (Å²) >= 11 is 1.43. The van der Waals surface area contributed by atoms with Crippen LogP contribution in [0.4, 0.5) is 5.69 Å². The molecule has 15 heteroatoms. The van der Waals surface area contributed by atoms with Crippen molar-refractivity contribution in [2.75, 3.05) is 65.0 Å². The van der Waals surface area contributed by atoms with Gasteiger partial charge in [0.05, 0.1) is 41.7 Å². The van der Waals surface area contributed by atoms with Crippen molar-refractivity contribution >= 4 is 45.7 Å². The number of likely N-dealkylation sites (N-methyl/N-ethyl adjacent to an activating group) is 1. The Kier molecular flexibility index (Phi) is 11.5. The summed E-state index contributed by atoms with van der Waals surface area (Å²) < 4.78 is 21.5. The zero-order chi connectivity index (χ0) is 42.7. The molecule has 326 valence electrons. The third kappa shape index (κ3) is 7.85. The van der Waals surface area contributed by atoms with Gasteiger partial charge in [-0.2, -0.15) is 0 Å². The maximum atomic E-state index is 14.7. The number of aryl methyl sites for hydroxylation is 1. The van der Waals surface area contributed by atoms with E-state index in [0.29, 0.717) is 43.8 Å². The number of pyridine rings is 1. The number of anilines is 1. The molecule has 1 saturated carbocycles. The summed E-state index contributed by atoms with van der Waals surface area (Å²) in [5.41, 5.74) is 10.5. The number of carbonyl (C=O) groups is 3. The van der Waals surface area contributed by atoms with Crippen LogP contribution < -0.4 is 15.6 Å². The van der Waals surface area contributed by atoms with E-state index in [1.54, 1.807) is 7.11 Å². The molecule has 61 heavy (non-hydrogen) atoms. The normalized spacial score (nSPS) is 29.0. The topological polar surface area (TPSA) is 143 Å². The second kappa shape index (κ2) is 16.7. The standard InChI is InChI=1S/C46H60N8O6S/c1-8-53-36-12-11-29-20-31(36)33(40(53)32-21-30(23-47-38(32)28(4)58-7)52-17-15-51(6)16-18-52)22-46(5)13-19-59-41(43-48-35(29)24-61-43)39(49-42(55)37-26(2)27(37)3)44(56)54-14-9-10-34(50-54)45(57)60-25-46/h11-12,20-21,23-24,26-28,34,37,39,41,50H,8-10,13-19,22,25H2,1-7H3,(H,49,55)/t26-,27+,28-,34-,37?,39-,41-,46?/m0/s1. The number of rotatable bonds is 7. The summed E-state index contributed by atoms with van der Waals surface area (Å²) in [5.74, 6) is -0.669. The number of carbonyl (C=O) groups excluding carboxylic acids is 3. The largest absolute Gasteiger partial charge is 0.464 e. The van der Waals surface area contributed by atoms with Crippen molar-refractivity contribution < 1.29 is 28.6 Å². The number of hydrazine groups is 1. The van der Waals surface area contributed by atoms with Crippen molar-refractivity contribution in [3.8, 4) is 22.5 Å². The number of ether oxygens (including phenoxy) is 3. The summed E-state index contributed by atoms with van der Waals surface area (Å²) in [6, 6.07) is 7.05. The highest BCUT2D eigenvalue weighted by Crippen LogP contribution is 2.47. The quantitative estimate of drug-likeness (QED) is 0.220. The Labute approximate surface area is 362 Å². The molecule has 5 aliphatic rings. The van der Waals surface area contributed by atoms with Crippen molar-refractivity contribution in [1.29, 1.82) is 0 Å². The van der Waals surface area contributed by atoms with Gasteiger partial charge in [0.1, 0.15) is 23.2 Å². The van der Waals surface area contributed by atoms with Gasteiger partial charge in [-0.05, 0) is 82.2 Å². The molecule has 14 nitrogen and oxygen atoms in total. The van der Waals surface area contributed by atoms with Crippen molar-refractivity contribution in [3.63, 3.8) is 0 Å². The van der Waals surface area contributed by atoms with Crippen LogP contribution in [0.15, 0.2) is 35.8 Å². The number of nitrogens with one attached hydrogen (secondary N) is 2. The van der Waals surface area contributed by atoms with E-state index in [4.69, 9.17) is 24.2 Å². The minimum Gasteiger partial charge on any atom is -0.464 e. The number of thiazole rings is 1. The first-order valence-corrected chi connectivity index (χ1v) is 23.0. The molecule has 4 aromatic rings. The third-order valence-electron chi connectivity index (χ3n) is 14.2. The Balaban J connectivity index is 1.22. The summed E-state index contributed by atoms with van der Waals surface area (Å²) in [6.07, 6.45) is 3.03. The van der Waals surface area contributed by atoms with Crippen LogP contribution in [0.3, 0.4) is 0 Å². The number of fused-ring (bicyclic) bond motifs is 11. The fraction of sp³-hybridized carbons (Fsp3) is 0.587. The van der Waals surface area contributed by atoms with Crippen molar-refractivity contribution in [2.45, 2.75) is 91.1 Å². The van der Waals surface area contributed by atoms with Crippen LogP contribution >= 0.6 is 11.3 Å². The molecule has 9 rings (SSSR count). The van der Waals surface area contributed by atoms with Crippen LogP contribution in [0.1, 0.15) is 82.4 Å². The number of hydrogen-bond donors (Lipinski definition) is 2. The molecule has 1 aromatic carbocycles. The number of benzene rings is 1. The smallest absolute Gasteiger partial charge is 0.324 e. The fourth-order valence-electron chi connectivity index (χ4n) is 9.94. The molecule has 3 saturated heterocycles. The average Bonchev–Trinajstić information content (AvgIpc) is 3.54. The van der Waals surface area contributed by atoms with Gasteiger partial charge in [0.2, 0.25) is 5.91 Å². The maximum Gasteiger partial charge on any atom is 0.324 e. The molecular weight excluding hydrogens is 793 g/mol. The van der Waals surface area contributed by atoms with Crippen LogP contribution in [-0.4, -0.2) is 114 Å². The highest BCUT2D eigenvalue weighted by molar-refractivity contribution is 7.10. The van der Waals surface area contributed by atoms with E-state index < -0.39 is 29.6 Å². The van der Waals surface area contributed by atoms with Crippen molar-refractivity contribution in [3.05, 3.63) is 52.1 Å². The number of aromatic nitrogens is 3. The lowest BCUT2D eigenvalue weighted by Crippen LogP contribution is -2.61. The summed E-state index contributed by atoms with van der Waals surface area (Å²) in [6.45, 7) is 15.8. The molecule has 4 fully saturated rings. The monoisotopic (exact) mass is 852 g/mol. The predicted octanol–water partition coefficient (Wildman–Crippen LogP) is 5.76. The van der Waals surface area contributed by atoms with E-state index >= 15 is 0 Å².